The highest BCUT2D eigenvalue weighted by Crippen LogP contribution is 2.59. The van der Waals surface area contributed by atoms with Crippen molar-refractivity contribution in [1.29, 1.82) is 0 Å². The number of ether oxygens (including phenoxy) is 1. The molecule has 6 heteroatoms. The minimum Gasteiger partial charge on any atom is -0.478 e. The number of benzene rings is 1. The third-order valence-electron chi connectivity index (χ3n) is 4.20. The first-order valence-corrected chi connectivity index (χ1v) is 8.87. The lowest BCUT2D eigenvalue weighted by Crippen LogP contribution is -2.46. The Hall–Kier alpha value is -1.78. The van der Waals surface area contributed by atoms with Gasteiger partial charge in [0, 0.05) is 24.9 Å². The highest BCUT2D eigenvalue weighted by Gasteiger charge is 2.52. The number of halogens is 2. The summed E-state index contributed by atoms with van der Waals surface area (Å²) in [4.78, 5) is 16.5. The molecule has 1 heterocycles. The lowest BCUT2D eigenvalue weighted by atomic mass is 10.1. The second-order valence-electron chi connectivity index (χ2n) is 6.74. The van der Waals surface area contributed by atoms with E-state index < -0.39 is 9.93 Å². The molecule has 2 aromatic rings. The lowest BCUT2D eigenvalue weighted by molar-refractivity contribution is -0.134. The number of hydrogen-bond acceptors (Lipinski definition) is 3. The van der Waals surface area contributed by atoms with E-state index >= 15 is 0 Å². The number of nitrogens with one attached hydrogen (secondary N) is 1. The van der Waals surface area contributed by atoms with Crippen molar-refractivity contribution in [3.05, 3.63) is 59.9 Å². The van der Waals surface area contributed by atoms with Crippen molar-refractivity contribution < 1.29 is 9.53 Å². The van der Waals surface area contributed by atoms with Crippen molar-refractivity contribution in [3.63, 3.8) is 0 Å². The predicted molar refractivity (Wildman–Crippen MR) is 99.0 cm³/mol. The number of carbonyl (C=O) groups is 1. The number of nitrogens with zero attached hydrogens (tertiary/aromatic N) is 1. The molecule has 1 aliphatic carbocycles. The van der Waals surface area contributed by atoms with E-state index in [9.17, 15) is 4.79 Å². The van der Waals surface area contributed by atoms with Crippen LogP contribution in [0.15, 0.2) is 48.8 Å². The summed E-state index contributed by atoms with van der Waals surface area (Å²) in [5, 5.41) is 2.87. The van der Waals surface area contributed by atoms with E-state index in [2.05, 4.69) is 10.3 Å². The first-order chi connectivity index (χ1) is 11.8. The number of aromatic nitrogens is 1. The molecule has 0 saturated heterocycles. The van der Waals surface area contributed by atoms with E-state index in [1.165, 1.54) is 0 Å². The molecule has 1 fully saturated rings. The van der Waals surface area contributed by atoms with Gasteiger partial charge in [0.05, 0.1) is 0 Å². The summed E-state index contributed by atoms with van der Waals surface area (Å²) in [7, 11) is 0. The quantitative estimate of drug-likeness (QED) is 0.765. The molecule has 25 heavy (non-hydrogen) atoms. The van der Waals surface area contributed by atoms with Gasteiger partial charge in [0.15, 0.2) is 5.60 Å². The van der Waals surface area contributed by atoms with E-state index in [1.54, 1.807) is 26.2 Å². The normalized spacial score (nSPS) is 18.5. The van der Waals surface area contributed by atoms with Gasteiger partial charge in [-0.3, -0.25) is 9.78 Å². The molecule has 0 bridgehead atoms. The van der Waals surface area contributed by atoms with E-state index in [0.717, 1.165) is 17.5 Å². The van der Waals surface area contributed by atoms with Gasteiger partial charge in [0.2, 0.25) is 0 Å². The fraction of sp³-hybridized carbons (Fsp3) is 0.368. The largest absolute Gasteiger partial charge is 0.478 e. The van der Waals surface area contributed by atoms with Crippen molar-refractivity contribution in [1.82, 2.24) is 10.3 Å². The van der Waals surface area contributed by atoms with Crippen LogP contribution in [0.4, 0.5) is 0 Å². The van der Waals surface area contributed by atoms with Gasteiger partial charge in [0.1, 0.15) is 10.1 Å². The maximum atomic E-state index is 12.4. The molecule has 132 valence electrons. The maximum Gasteiger partial charge on any atom is 0.263 e. The summed E-state index contributed by atoms with van der Waals surface area (Å²) in [6.45, 7) is 3.89. The Morgan fingerprint density at radius 1 is 1.32 bits per heavy atom. The van der Waals surface area contributed by atoms with Gasteiger partial charge in [-0.05, 0) is 49.6 Å². The van der Waals surface area contributed by atoms with Crippen LogP contribution >= 0.6 is 23.2 Å². The van der Waals surface area contributed by atoms with Crippen LogP contribution in [0.2, 0.25) is 0 Å². The number of carbonyl (C=O) groups excluding carboxylic acids is 1. The van der Waals surface area contributed by atoms with Crippen LogP contribution < -0.4 is 10.1 Å². The number of alkyl halides is 2. The van der Waals surface area contributed by atoms with Gasteiger partial charge < -0.3 is 10.1 Å². The minimum atomic E-state index is -0.994. The smallest absolute Gasteiger partial charge is 0.263 e. The van der Waals surface area contributed by atoms with Gasteiger partial charge in [-0.2, -0.15) is 0 Å². The molecule has 0 radical (unpaired) electrons. The van der Waals surface area contributed by atoms with Gasteiger partial charge in [-0.15, -0.1) is 23.2 Å². The fourth-order valence-electron chi connectivity index (χ4n) is 2.58. The molecule has 1 amide bonds. The minimum absolute atomic E-state index is 0.167. The van der Waals surface area contributed by atoms with Crippen LogP contribution in [0.3, 0.4) is 0 Å². The molecular formula is C19H20Cl2N2O2. The Bertz CT molecular complexity index is 746. The predicted octanol–water partition coefficient (Wildman–Crippen LogP) is 4.22. The monoisotopic (exact) mass is 378 g/mol. The average Bonchev–Trinajstić information content (AvgIpc) is 3.22. The van der Waals surface area contributed by atoms with E-state index in [4.69, 9.17) is 27.9 Å². The van der Waals surface area contributed by atoms with Gasteiger partial charge in [-0.25, -0.2) is 0 Å². The van der Waals surface area contributed by atoms with E-state index in [1.807, 2.05) is 36.4 Å². The van der Waals surface area contributed by atoms with Gasteiger partial charge in [-0.1, -0.05) is 18.2 Å². The third-order valence-corrected chi connectivity index (χ3v) is 5.04. The summed E-state index contributed by atoms with van der Waals surface area (Å²) < 4.78 is 5.22. The van der Waals surface area contributed by atoms with Crippen LogP contribution in [-0.2, 0) is 11.3 Å². The zero-order chi connectivity index (χ0) is 18.1. The standard InChI is InChI=1S/C19H20Cl2N2O2/c1-18(2,17(24)23-12-13-4-3-9-22-11-13)25-15-7-5-14(6-8-15)16-10-19(16,20)21/h3-9,11,16H,10,12H2,1-2H3,(H,23,24). The Kier molecular flexibility index (Phi) is 4.94. The van der Waals surface area contributed by atoms with Crippen molar-refractivity contribution in [2.75, 3.05) is 0 Å². The van der Waals surface area contributed by atoms with E-state index in [-0.39, 0.29) is 11.8 Å². The summed E-state index contributed by atoms with van der Waals surface area (Å²) in [6.07, 6.45) is 4.18. The van der Waals surface area contributed by atoms with Crippen LogP contribution in [0.25, 0.3) is 0 Å². The van der Waals surface area contributed by atoms with Gasteiger partial charge in [0.25, 0.3) is 5.91 Å². The first kappa shape index (κ1) is 18.0. The Balaban J connectivity index is 1.57. The molecule has 1 aromatic carbocycles. The first-order valence-electron chi connectivity index (χ1n) is 8.12. The molecule has 1 aliphatic rings. The highest BCUT2D eigenvalue weighted by molar-refractivity contribution is 6.51. The van der Waals surface area contributed by atoms with Gasteiger partial charge >= 0.3 is 0 Å². The van der Waals surface area contributed by atoms with Crippen LogP contribution in [-0.4, -0.2) is 20.8 Å². The Labute approximate surface area is 157 Å². The second-order valence-corrected chi connectivity index (χ2v) is 8.29. The lowest BCUT2D eigenvalue weighted by Gasteiger charge is -2.25. The topological polar surface area (TPSA) is 51.2 Å². The van der Waals surface area contributed by atoms with Crippen molar-refractivity contribution in [3.8, 4) is 5.75 Å². The fourth-order valence-corrected chi connectivity index (χ4v) is 3.14. The van der Waals surface area contributed by atoms with Crippen LogP contribution in [0.5, 0.6) is 5.75 Å². The Morgan fingerprint density at radius 3 is 2.56 bits per heavy atom. The molecule has 3 rings (SSSR count). The summed E-state index contributed by atoms with van der Waals surface area (Å²) in [5.41, 5.74) is 1.02. The maximum absolute atomic E-state index is 12.4. The molecule has 1 N–H and O–H groups in total. The molecule has 4 nitrogen and oxygen atoms in total. The zero-order valence-electron chi connectivity index (χ0n) is 14.1. The highest BCUT2D eigenvalue weighted by atomic mass is 35.5. The third kappa shape index (κ3) is 4.44. The molecule has 1 unspecified atom stereocenters. The van der Waals surface area contributed by atoms with Crippen molar-refractivity contribution in [2.24, 2.45) is 0 Å². The second kappa shape index (κ2) is 6.85. The average molecular weight is 379 g/mol. The number of hydrogen-bond donors (Lipinski definition) is 1. The molecule has 1 saturated carbocycles. The van der Waals surface area contributed by atoms with Crippen LogP contribution in [0, 0.1) is 0 Å². The number of pyridine rings is 1. The molecule has 0 aliphatic heterocycles. The van der Waals surface area contributed by atoms with Crippen molar-refractivity contribution >= 4 is 29.1 Å². The molecule has 0 spiro atoms. The zero-order valence-corrected chi connectivity index (χ0v) is 15.6. The summed E-state index contributed by atoms with van der Waals surface area (Å²) >= 11 is 12.2. The van der Waals surface area contributed by atoms with Crippen molar-refractivity contribution in [2.45, 2.75) is 42.7 Å². The summed E-state index contributed by atoms with van der Waals surface area (Å²) in [5.74, 6) is 0.601. The SMILES string of the molecule is CC(C)(Oc1ccc(C2CC2(Cl)Cl)cc1)C(=O)NCc1cccnc1. The number of amides is 1. The molecular weight excluding hydrogens is 359 g/mol. The number of rotatable bonds is 6. The molecule has 1 atom stereocenters. The Morgan fingerprint density at radius 2 is 2.00 bits per heavy atom. The van der Waals surface area contributed by atoms with E-state index in [0.29, 0.717) is 12.3 Å². The molecule has 1 aromatic heterocycles. The summed E-state index contributed by atoms with van der Waals surface area (Å²) in [6, 6.07) is 11.3. The van der Waals surface area contributed by atoms with Crippen LogP contribution in [0.1, 0.15) is 37.3 Å².